The summed E-state index contributed by atoms with van der Waals surface area (Å²) in [6.07, 6.45) is 5.43. The van der Waals surface area contributed by atoms with Crippen molar-refractivity contribution in [3.05, 3.63) is 60.1 Å². The highest BCUT2D eigenvalue weighted by Gasteiger charge is 2.11. The third-order valence-corrected chi connectivity index (χ3v) is 3.52. The van der Waals surface area contributed by atoms with Gasteiger partial charge in [-0.05, 0) is 30.7 Å². The van der Waals surface area contributed by atoms with Gasteiger partial charge in [0.05, 0.1) is 19.3 Å². The van der Waals surface area contributed by atoms with Crippen molar-refractivity contribution in [2.45, 2.75) is 19.9 Å². The number of nitrogens with one attached hydrogen (secondary N) is 1. The van der Waals surface area contributed by atoms with E-state index in [-0.39, 0.29) is 12.4 Å². The van der Waals surface area contributed by atoms with Crippen LogP contribution in [0.5, 0.6) is 0 Å². The molecule has 3 aromatic rings. The van der Waals surface area contributed by atoms with Crippen LogP contribution in [0, 0.1) is 0 Å². The van der Waals surface area contributed by atoms with Crippen LogP contribution in [0.15, 0.2) is 53.4 Å². The first kappa shape index (κ1) is 15.1. The lowest BCUT2D eigenvalue weighted by atomic mass is 10.1. The zero-order valence-corrected chi connectivity index (χ0v) is 12.9. The number of ether oxygens (including phenoxy) is 1. The summed E-state index contributed by atoms with van der Waals surface area (Å²) < 4.78 is 10.5. The standard InChI is InChI=1S/C18H18N2O3/c1-2-22-18(21)8-14-12-23-17-9-15(5-6-16(14)17)20-11-13-4-3-7-19-10-13/h3-7,9-10,12,20H,2,8,11H2,1H3. The Balaban J connectivity index is 1.71. The van der Waals surface area contributed by atoms with Crippen molar-refractivity contribution in [2.75, 3.05) is 11.9 Å². The number of hydrogen-bond donors (Lipinski definition) is 1. The lowest BCUT2D eigenvalue weighted by molar-refractivity contribution is -0.142. The molecule has 1 aromatic carbocycles. The van der Waals surface area contributed by atoms with Crippen LogP contribution in [0.2, 0.25) is 0 Å². The Hall–Kier alpha value is -2.82. The molecule has 1 N–H and O–H groups in total. The molecule has 0 bridgehead atoms. The monoisotopic (exact) mass is 310 g/mol. The van der Waals surface area contributed by atoms with Gasteiger partial charge in [0.2, 0.25) is 0 Å². The van der Waals surface area contributed by atoms with Gasteiger partial charge in [-0.1, -0.05) is 6.07 Å². The molecule has 0 aliphatic carbocycles. The molecule has 2 aromatic heterocycles. The largest absolute Gasteiger partial charge is 0.466 e. The van der Waals surface area contributed by atoms with Gasteiger partial charge in [-0.3, -0.25) is 9.78 Å². The number of pyridine rings is 1. The molecule has 5 nitrogen and oxygen atoms in total. The van der Waals surface area contributed by atoms with Gasteiger partial charge in [0.15, 0.2) is 0 Å². The summed E-state index contributed by atoms with van der Waals surface area (Å²) in [6, 6.07) is 9.79. The van der Waals surface area contributed by atoms with Gasteiger partial charge in [0, 0.05) is 41.6 Å². The van der Waals surface area contributed by atoms with E-state index in [0.717, 1.165) is 27.8 Å². The summed E-state index contributed by atoms with van der Waals surface area (Å²) in [5.74, 6) is -0.242. The van der Waals surface area contributed by atoms with Crippen molar-refractivity contribution in [1.82, 2.24) is 4.98 Å². The summed E-state index contributed by atoms with van der Waals surface area (Å²) in [6.45, 7) is 2.87. The summed E-state index contributed by atoms with van der Waals surface area (Å²) in [4.78, 5) is 15.7. The fraction of sp³-hybridized carbons (Fsp3) is 0.222. The smallest absolute Gasteiger partial charge is 0.310 e. The van der Waals surface area contributed by atoms with Crippen LogP contribution in [-0.2, 0) is 22.5 Å². The van der Waals surface area contributed by atoms with Crippen LogP contribution in [0.1, 0.15) is 18.1 Å². The number of benzene rings is 1. The second-order valence-electron chi connectivity index (χ2n) is 5.17. The molecule has 3 rings (SSSR count). The number of aromatic nitrogens is 1. The van der Waals surface area contributed by atoms with Gasteiger partial charge in [0.25, 0.3) is 0 Å². The first-order chi connectivity index (χ1) is 11.3. The number of anilines is 1. The number of carbonyl (C=O) groups excluding carboxylic acids is 1. The van der Waals surface area contributed by atoms with Crippen LogP contribution in [0.4, 0.5) is 5.69 Å². The molecule has 0 unspecified atom stereocenters. The highest BCUT2D eigenvalue weighted by atomic mass is 16.5. The Morgan fingerprint density at radius 1 is 1.35 bits per heavy atom. The number of rotatable bonds is 6. The van der Waals surface area contributed by atoms with Crippen molar-refractivity contribution in [3.63, 3.8) is 0 Å². The summed E-state index contributed by atoms with van der Waals surface area (Å²) in [5, 5.41) is 4.27. The fourth-order valence-electron chi connectivity index (χ4n) is 2.40. The van der Waals surface area contributed by atoms with E-state index < -0.39 is 0 Å². The zero-order chi connectivity index (χ0) is 16.1. The van der Waals surface area contributed by atoms with Crippen molar-refractivity contribution in [1.29, 1.82) is 0 Å². The van der Waals surface area contributed by atoms with Gasteiger partial charge in [0.1, 0.15) is 5.58 Å². The van der Waals surface area contributed by atoms with E-state index in [0.29, 0.717) is 13.2 Å². The van der Waals surface area contributed by atoms with Crippen LogP contribution >= 0.6 is 0 Å². The summed E-state index contributed by atoms with van der Waals surface area (Å²) in [7, 11) is 0. The lowest BCUT2D eigenvalue weighted by Gasteiger charge is -2.06. The summed E-state index contributed by atoms with van der Waals surface area (Å²) >= 11 is 0. The third kappa shape index (κ3) is 3.69. The van der Waals surface area contributed by atoms with Gasteiger partial charge in [-0.2, -0.15) is 0 Å². The maximum atomic E-state index is 11.6. The Kier molecular flexibility index (Phi) is 4.57. The van der Waals surface area contributed by atoms with E-state index in [4.69, 9.17) is 9.15 Å². The Morgan fingerprint density at radius 3 is 3.04 bits per heavy atom. The first-order valence-corrected chi connectivity index (χ1v) is 7.55. The molecule has 0 saturated heterocycles. The lowest BCUT2D eigenvalue weighted by Crippen LogP contribution is -2.06. The van der Waals surface area contributed by atoms with Crippen molar-refractivity contribution >= 4 is 22.6 Å². The Morgan fingerprint density at radius 2 is 2.26 bits per heavy atom. The molecule has 118 valence electrons. The van der Waals surface area contributed by atoms with Crippen LogP contribution in [-0.4, -0.2) is 17.6 Å². The van der Waals surface area contributed by atoms with Gasteiger partial charge < -0.3 is 14.5 Å². The number of furan rings is 1. The normalized spacial score (nSPS) is 10.7. The number of esters is 1. The highest BCUT2D eigenvalue weighted by Crippen LogP contribution is 2.25. The van der Waals surface area contributed by atoms with Crippen molar-refractivity contribution in [3.8, 4) is 0 Å². The predicted molar refractivity (Wildman–Crippen MR) is 88.1 cm³/mol. The minimum Gasteiger partial charge on any atom is -0.466 e. The molecular weight excluding hydrogens is 292 g/mol. The number of carbonyl (C=O) groups is 1. The summed E-state index contributed by atoms with van der Waals surface area (Å²) in [5.41, 5.74) is 3.66. The predicted octanol–water partition coefficient (Wildman–Crippen LogP) is 3.55. The minimum atomic E-state index is -0.242. The van der Waals surface area contributed by atoms with E-state index >= 15 is 0 Å². The topological polar surface area (TPSA) is 64.4 Å². The highest BCUT2D eigenvalue weighted by molar-refractivity contribution is 5.87. The Labute approximate surface area is 134 Å². The third-order valence-electron chi connectivity index (χ3n) is 3.52. The quantitative estimate of drug-likeness (QED) is 0.705. The van der Waals surface area contributed by atoms with Gasteiger partial charge in [-0.25, -0.2) is 0 Å². The maximum Gasteiger partial charge on any atom is 0.310 e. The van der Waals surface area contributed by atoms with Crippen molar-refractivity contribution in [2.24, 2.45) is 0 Å². The molecule has 0 fully saturated rings. The maximum absolute atomic E-state index is 11.6. The molecule has 0 saturated carbocycles. The minimum absolute atomic E-state index is 0.225. The van der Waals surface area contributed by atoms with Gasteiger partial charge in [-0.15, -0.1) is 0 Å². The van der Waals surface area contributed by atoms with E-state index in [1.165, 1.54) is 0 Å². The van der Waals surface area contributed by atoms with Crippen LogP contribution < -0.4 is 5.32 Å². The second kappa shape index (κ2) is 6.96. The first-order valence-electron chi connectivity index (χ1n) is 7.55. The number of fused-ring (bicyclic) bond motifs is 1. The average molecular weight is 310 g/mol. The molecule has 2 heterocycles. The van der Waals surface area contributed by atoms with E-state index in [1.807, 2.05) is 36.5 Å². The Bertz CT molecular complexity index is 796. The molecule has 0 aliphatic rings. The molecular formula is C18H18N2O3. The molecule has 0 spiro atoms. The van der Waals surface area contributed by atoms with E-state index in [2.05, 4.69) is 10.3 Å². The van der Waals surface area contributed by atoms with Crippen molar-refractivity contribution < 1.29 is 13.9 Å². The van der Waals surface area contributed by atoms with E-state index in [9.17, 15) is 4.79 Å². The van der Waals surface area contributed by atoms with Gasteiger partial charge >= 0.3 is 5.97 Å². The average Bonchev–Trinajstić information content (AvgIpc) is 2.96. The molecule has 0 aliphatic heterocycles. The van der Waals surface area contributed by atoms with Crippen LogP contribution in [0.3, 0.4) is 0 Å². The molecule has 0 radical (unpaired) electrons. The zero-order valence-electron chi connectivity index (χ0n) is 12.9. The number of hydrogen-bond acceptors (Lipinski definition) is 5. The molecule has 0 amide bonds. The molecule has 0 atom stereocenters. The number of nitrogens with zero attached hydrogens (tertiary/aromatic N) is 1. The molecule has 5 heteroatoms. The second-order valence-corrected chi connectivity index (χ2v) is 5.17. The molecule has 23 heavy (non-hydrogen) atoms. The fourth-order valence-corrected chi connectivity index (χ4v) is 2.40. The SMILES string of the molecule is CCOC(=O)Cc1coc2cc(NCc3cccnc3)ccc12. The van der Waals surface area contributed by atoms with E-state index in [1.54, 1.807) is 19.4 Å². The van der Waals surface area contributed by atoms with Crippen LogP contribution in [0.25, 0.3) is 11.0 Å².